The van der Waals surface area contributed by atoms with Crippen molar-refractivity contribution in [1.82, 2.24) is 5.32 Å². The molecule has 0 bridgehead atoms. The summed E-state index contributed by atoms with van der Waals surface area (Å²) in [5.74, 6) is 1.01. The van der Waals surface area contributed by atoms with Crippen LogP contribution in [0.1, 0.15) is 35.2 Å². The molecule has 0 aliphatic rings. The number of nitrogens with one attached hydrogen (secondary N) is 1. The van der Waals surface area contributed by atoms with Crippen LogP contribution in [-0.4, -0.2) is 19.3 Å². The number of benzene rings is 2. The minimum Gasteiger partial charge on any atom is -0.493 e. The average molecular weight is 333 g/mol. The molecule has 2 rings (SSSR count). The summed E-state index contributed by atoms with van der Waals surface area (Å²) in [6.07, 6.45) is 0. The highest BCUT2D eigenvalue weighted by molar-refractivity contribution is 5.48. The van der Waals surface area contributed by atoms with Gasteiger partial charge in [-0.15, -0.1) is 0 Å². The number of hydrogen-bond acceptors (Lipinski definition) is 4. The summed E-state index contributed by atoms with van der Waals surface area (Å²) in [7, 11) is 3.23. The van der Waals surface area contributed by atoms with Crippen molar-refractivity contribution in [2.45, 2.75) is 33.0 Å². The van der Waals surface area contributed by atoms with Gasteiger partial charge in [0.2, 0.25) is 0 Å². The molecule has 0 aromatic heterocycles. The summed E-state index contributed by atoms with van der Waals surface area (Å²) in [6.45, 7) is 4.36. The van der Waals surface area contributed by atoms with Crippen LogP contribution in [0.5, 0.6) is 11.5 Å². The molecule has 0 fully saturated rings. The third-order valence-electron chi connectivity index (χ3n) is 4.13. The van der Waals surface area contributed by atoms with Crippen LogP contribution in [-0.2, 0) is 13.2 Å². The molecule has 0 radical (unpaired) electrons. The summed E-state index contributed by atoms with van der Waals surface area (Å²) in [5.41, 5.74) is 3.44. The normalized spacial score (nSPS) is 12.1. The predicted molar refractivity (Wildman–Crippen MR) is 91.9 cm³/mol. The van der Waals surface area contributed by atoms with Crippen LogP contribution in [0.4, 0.5) is 4.39 Å². The smallest absolute Gasteiger partial charge is 0.161 e. The van der Waals surface area contributed by atoms with E-state index in [-0.39, 0.29) is 18.5 Å². The van der Waals surface area contributed by atoms with Crippen LogP contribution < -0.4 is 14.8 Å². The number of methoxy groups -OCH3 is 2. The van der Waals surface area contributed by atoms with E-state index in [0.717, 1.165) is 16.7 Å². The minimum atomic E-state index is -0.384. The Labute approximate surface area is 142 Å². The van der Waals surface area contributed by atoms with Crippen LogP contribution >= 0.6 is 0 Å². The zero-order valence-electron chi connectivity index (χ0n) is 14.5. The number of halogens is 1. The number of aryl methyl sites for hydroxylation is 1. The standard InChI is InChI=1S/C19H24FNO3/c1-12-7-18(23-3)19(24-4)9-16(12)13(2)21-10-14-5-6-17(20)15(8-14)11-22/h5-9,13,21-22H,10-11H2,1-4H3. The van der Waals surface area contributed by atoms with Crippen molar-refractivity contribution in [3.05, 3.63) is 58.4 Å². The van der Waals surface area contributed by atoms with Crippen molar-refractivity contribution in [2.24, 2.45) is 0 Å². The molecule has 2 N–H and O–H groups in total. The number of ether oxygens (including phenoxy) is 2. The molecular weight excluding hydrogens is 309 g/mol. The molecule has 0 amide bonds. The monoisotopic (exact) mass is 333 g/mol. The largest absolute Gasteiger partial charge is 0.493 e. The molecule has 0 saturated carbocycles. The van der Waals surface area contributed by atoms with E-state index in [9.17, 15) is 4.39 Å². The van der Waals surface area contributed by atoms with Gasteiger partial charge in [0.05, 0.1) is 20.8 Å². The molecule has 0 saturated heterocycles. The molecule has 2 aromatic rings. The number of aliphatic hydroxyl groups excluding tert-OH is 1. The summed E-state index contributed by atoms with van der Waals surface area (Å²) in [5, 5.41) is 12.6. The topological polar surface area (TPSA) is 50.7 Å². The lowest BCUT2D eigenvalue weighted by molar-refractivity contribution is 0.275. The first-order chi connectivity index (χ1) is 11.5. The zero-order chi connectivity index (χ0) is 17.7. The van der Waals surface area contributed by atoms with Gasteiger partial charge in [-0.1, -0.05) is 6.07 Å². The molecule has 1 unspecified atom stereocenters. The molecule has 1 atom stereocenters. The number of aliphatic hydroxyl groups is 1. The van der Waals surface area contributed by atoms with Crippen molar-refractivity contribution in [1.29, 1.82) is 0 Å². The third kappa shape index (κ3) is 4.04. The van der Waals surface area contributed by atoms with Gasteiger partial charge < -0.3 is 19.9 Å². The maximum absolute atomic E-state index is 13.4. The van der Waals surface area contributed by atoms with E-state index in [1.165, 1.54) is 6.07 Å². The van der Waals surface area contributed by atoms with Crippen molar-refractivity contribution in [3.8, 4) is 11.5 Å². The van der Waals surface area contributed by atoms with Gasteiger partial charge in [0.1, 0.15) is 5.82 Å². The van der Waals surface area contributed by atoms with Gasteiger partial charge in [-0.2, -0.15) is 0 Å². The van der Waals surface area contributed by atoms with Crippen molar-refractivity contribution in [3.63, 3.8) is 0 Å². The van der Waals surface area contributed by atoms with E-state index < -0.39 is 0 Å². The fourth-order valence-corrected chi connectivity index (χ4v) is 2.70. The van der Waals surface area contributed by atoms with Crippen molar-refractivity contribution < 1.29 is 19.0 Å². The highest BCUT2D eigenvalue weighted by Crippen LogP contribution is 2.32. The average Bonchev–Trinajstić information content (AvgIpc) is 2.60. The second-order valence-corrected chi connectivity index (χ2v) is 5.75. The minimum absolute atomic E-state index is 0.0763. The van der Waals surface area contributed by atoms with Crippen LogP contribution in [0.25, 0.3) is 0 Å². The second-order valence-electron chi connectivity index (χ2n) is 5.75. The molecule has 0 heterocycles. The van der Waals surface area contributed by atoms with E-state index in [1.807, 2.05) is 19.1 Å². The molecule has 130 valence electrons. The van der Waals surface area contributed by atoms with Gasteiger partial charge in [-0.3, -0.25) is 0 Å². The third-order valence-corrected chi connectivity index (χ3v) is 4.13. The Kier molecular flexibility index (Phi) is 6.17. The molecule has 0 aliphatic carbocycles. The maximum Gasteiger partial charge on any atom is 0.161 e. The first-order valence-electron chi connectivity index (χ1n) is 7.84. The Morgan fingerprint density at radius 3 is 2.42 bits per heavy atom. The van der Waals surface area contributed by atoms with Gasteiger partial charge in [-0.25, -0.2) is 4.39 Å². The lowest BCUT2D eigenvalue weighted by Crippen LogP contribution is -2.19. The lowest BCUT2D eigenvalue weighted by atomic mass is 10.0. The maximum atomic E-state index is 13.4. The second kappa shape index (κ2) is 8.13. The quantitative estimate of drug-likeness (QED) is 0.814. The van der Waals surface area contributed by atoms with Gasteiger partial charge in [-0.05, 0) is 54.8 Å². The predicted octanol–water partition coefficient (Wildman–Crippen LogP) is 3.49. The molecule has 24 heavy (non-hydrogen) atoms. The summed E-state index contributed by atoms with van der Waals surface area (Å²) >= 11 is 0. The van der Waals surface area contributed by atoms with Crippen LogP contribution in [0.3, 0.4) is 0 Å². The van der Waals surface area contributed by atoms with Crippen LogP contribution in [0.15, 0.2) is 30.3 Å². The number of hydrogen-bond donors (Lipinski definition) is 2. The van der Waals surface area contributed by atoms with Gasteiger partial charge in [0, 0.05) is 18.2 Å². The fraction of sp³-hybridized carbons (Fsp3) is 0.368. The van der Waals surface area contributed by atoms with E-state index in [1.54, 1.807) is 26.4 Å². The molecule has 0 aliphatic heterocycles. The molecule has 2 aromatic carbocycles. The van der Waals surface area contributed by atoms with Crippen LogP contribution in [0, 0.1) is 12.7 Å². The highest BCUT2D eigenvalue weighted by atomic mass is 19.1. The molecule has 0 spiro atoms. The molecule has 4 nitrogen and oxygen atoms in total. The van der Waals surface area contributed by atoms with Crippen molar-refractivity contribution >= 4 is 0 Å². The lowest BCUT2D eigenvalue weighted by Gasteiger charge is -2.19. The Morgan fingerprint density at radius 1 is 1.12 bits per heavy atom. The highest BCUT2D eigenvalue weighted by Gasteiger charge is 2.14. The Hall–Kier alpha value is -2.11. The molecular formula is C19H24FNO3. The van der Waals surface area contributed by atoms with Gasteiger partial charge in [0.25, 0.3) is 0 Å². The fourth-order valence-electron chi connectivity index (χ4n) is 2.70. The first kappa shape index (κ1) is 18.2. The Morgan fingerprint density at radius 2 is 1.79 bits per heavy atom. The number of rotatable bonds is 7. The summed E-state index contributed by atoms with van der Waals surface area (Å²) in [6, 6.07) is 8.78. The van der Waals surface area contributed by atoms with Gasteiger partial charge in [0.15, 0.2) is 11.5 Å². The van der Waals surface area contributed by atoms with Crippen LogP contribution in [0.2, 0.25) is 0 Å². The van der Waals surface area contributed by atoms with Crippen molar-refractivity contribution in [2.75, 3.05) is 14.2 Å². The first-order valence-corrected chi connectivity index (χ1v) is 7.84. The van der Waals surface area contributed by atoms with E-state index in [2.05, 4.69) is 12.2 Å². The molecule has 5 heteroatoms. The Balaban J connectivity index is 2.14. The summed E-state index contributed by atoms with van der Waals surface area (Å²) in [4.78, 5) is 0. The zero-order valence-corrected chi connectivity index (χ0v) is 14.5. The summed E-state index contributed by atoms with van der Waals surface area (Å²) < 4.78 is 24.1. The Bertz CT molecular complexity index is 703. The SMILES string of the molecule is COc1cc(C)c(C(C)NCc2ccc(F)c(CO)c2)cc1OC. The van der Waals surface area contributed by atoms with E-state index in [4.69, 9.17) is 14.6 Å². The van der Waals surface area contributed by atoms with E-state index in [0.29, 0.717) is 23.6 Å². The van der Waals surface area contributed by atoms with E-state index >= 15 is 0 Å². The van der Waals surface area contributed by atoms with Gasteiger partial charge >= 0.3 is 0 Å².